The highest BCUT2D eigenvalue weighted by molar-refractivity contribution is 14.1. The minimum absolute atomic E-state index is 0.0706. The summed E-state index contributed by atoms with van der Waals surface area (Å²) in [5, 5.41) is 9.25. The number of rotatable bonds is 6. The lowest BCUT2D eigenvalue weighted by Crippen LogP contribution is -2.30. The summed E-state index contributed by atoms with van der Waals surface area (Å²) in [7, 11) is 0. The summed E-state index contributed by atoms with van der Waals surface area (Å²) in [6.07, 6.45) is -2.14. The highest BCUT2D eigenvalue weighted by atomic mass is 127. The molecular formula is C21H16F4IN5O3. The van der Waals surface area contributed by atoms with Crippen molar-refractivity contribution in [2.45, 2.75) is 39.7 Å². The standard InChI is InChI=1S/C21H16F4IN5O3/c1-9-12(6-27)4-11(17(22)23)5-14(9)34-15-16(21(3,24)25)28-8-31(19(15)33)7-13-10(2)29-20(26)30-18(13)32/h4-5,8,17H,7H2,1-3H3,(H,29,30,32). The molecule has 0 aliphatic heterocycles. The number of aromatic amines is 1. The van der Waals surface area contributed by atoms with Gasteiger partial charge in [-0.15, -0.1) is 0 Å². The van der Waals surface area contributed by atoms with Gasteiger partial charge in [0.1, 0.15) is 5.75 Å². The maximum atomic E-state index is 14.3. The summed E-state index contributed by atoms with van der Waals surface area (Å²) in [6.45, 7) is 3.04. The first-order valence-electron chi connectivity index (χ1n) is 9.57. The van der Waals surface area contributed by atoms with E-state index in [1.165, 1.54) is 6.92 Å². The molecule has 0 fully saturated rings. The van der Waals surface area contributed by atoms with Gasteiger partial charge in [-0.3, -0.25) is 14.2 Å². The van der Waals surface area contributed by atoms with Crippen LogP contribution in [0.3, 0.4) is 0 Å². The molecule has 0 amide bonds. The molecule has 0 aliphatic carbocycles. The van der Waals surface area contributed by atoms with Crippen molar-refractivity contribution in [2.24, 2.45) is 0 Å². The first kappa shape index (κ1) is 25.3. The van der Waals surface area contributed by atoms with Crippen molar-refractivity contribution < 1.29 is 22.3 Å². The van der Waals surface area contributed by atoms with Crippen LogP contribution in [0.25, 0.3) is 0 Å². The third-order valence-corrected chi connectivity index (χ3v) is 5.41. The Morgan fingerprint density at radius 2 is 1.97 bits per heavy atom. The molecule has 0 saturated heterocycles. The van der Waals surface area contributed by atoms with Gasteiger partial charge in [0.15, 0.2) is 9.53 Å². The zero-order chi connectivity index (χ0) is 25.4. The van der Waals surface area contributed by atoms with Crippen molar-refractivity contribution in [3.05, 3.63) is 76.6 Å². The second-order valence-electron chi connectivity index (χ2n) is 7.37. The van der Waals surface area contributed by atoms with E-state index in [0.29, 0.717) is 16.4 Å². The molecule has 0 spiro atoms. The van der Waals surface area contributed by atoms with E-state index in [1.807, 2.05) is 0 Å². The third-order valence-electron chi connectivity index (χ3n) is 4.90. The average Bonchev–Trinajstić information content (AvgIpc) is 2.73. The fourth-order valence-corrected chi connectivity index (χ4v) is 3.69. The molecule has 178 valence electrons. The normalized spacial score (nSPS) is 11.5. The Morgan fingerprint density at radius 3 is 2.53 bits per heavy atom. The maximum absolute atomic E-state index is 14.3. The fourth-order valence-electron chi connectivity index (χ4n) is 3.09. The lowest BCUT2D eigenvalue weighted by Gasteiger charge is -2.18. The molecule has 2 aromatic heterocycles. The van der Waals surface area contributed by atoms with E-state index in [-0.39, 0.29) is 29.0 Å². The van der Waals surface area contributed by atoms with Gasteiger partial charge in [0.2, 0.25) is 5.75 Å². The van der Waals surface area contributed by atoms with Crippen LogP contribution in [0.2, 0.25) is 0 Å². The van der Waals surface area contributed by atoms with Gasteiger partial charge in [0, 0.05) is 18.1 Å². The van der Waals surface area contributed by atoms with Crippen molar-refractivity contribution in [1.82, 2.24) is 19.5 Å². The summed E-state index contributed by atoms with van der Waals surface area (Å²) < 4.78 is 61.7. The van der Waals surface area contributed by atoms with Crippen LogP contribution in [-0.2, 0) is 12.5 Å². The number of halogens is 5. The minimum Gasteiger partial charge on any atom is -0.449 e. The van der Waals surface area contributed by atoms with Gasteiger partial charge < -0.3 is 9.72 Å². The zero-order valence-corrected chi connectivity index (χ0v) is 20.1. The number of hydrogen-bond acceptors (Lipinski definition) is 6. The van der Waals surface area contributed by atoms with E-state index in [2.05, 4.69) is 15.0 Å². The molecule has 3 aromatic rings. The molecule has 0 aliphatic rings. The number of aromatic nitrogens is 4. The van der Waals surface area contributed by atoms with E-state index in [9.17, 15) is 32.4 Å². The number of alkyl halides is 4. The molecule has 13 heteroatoms. The quantitative estimate of drug-likeness (QED) is 0.261. The molecule has 0 bridgehead atoms. The molecule has 0 unspecified atom stereocenters. The first-order chi connectivity index (χ1) is 15.8. The summed E-state index contributed by atoms with van der Waals surface area (Å²) in [4.78, 5) is 35.7. The summed E-state index contributed by atoms with van der Waals surface area (Å²) in [6, 6.07) is 3.55. The smallest absolute Gasteiger partial charge is 0.297 e. The van der Waals surface area contributed by atoms with Crippen molar-refractivity contribution in [3.63, 3.8) is 0 Å². The molecule has 8 nitrogen and oxygen atoms in total. The van der Waals surface area contributed by atoms with E-state index >= 15 is 0 Å². The molecule has 0 radical (unpaired) electrons. The lowest BCUT2D eigenvalue weighted by atomic mass is 10.0. The summed E-state index contributed by atoms with van der Waals surface area (Å²) in [5.41, 5.74) is -2.92. The van der Waals surface area contributed by atoms with Crippen molar-refractivity contribution in [1.29, 1.82) is 5.26 Å². The van der Waals surface area contributed by atoms with Crippen molar-refractivity contribution >= 4 is 22.6 Å². The largest absolute Gasteiger partial charge is 0.449 e. The second-order valence-corrected chi connectivity index (χ2v) is 8.39. The molecule has 0 atom stereocenters. The first-order valence-corrected chi connectivity index (χ1v) is 10.6. The van der Waals surface area contributed by atoms with Crippen molar-refractivity contribution in [2.75, 3.05) is 0 Å². The number of hydrogen-bond donors (Lipinski definition) is 1. The Morgan fingerprint density at radius 1 is 1.29 bits per heavy atom. The number of nitrogens with one attached hydrogen (secondary N) is 1. The number of ether oxygens (including phenoxy) is 1. The summed E-state index contributed by atoms with van der Waals surface area (Å²) in [5.74, 6) is -4.92. The zero-order valence-electron chi connectivity index (χ0n) is 17.9. The van der Waals surface area contributed by atoms with Gasteiger partial charge in [-0.25, -0.2) is 18.7 Å². The van der Waals surface area contributed by atoms with Crippen LogP contribution in [-0.4, -0.2) is 19.5 Å². The molecule has 34 heavy (non-hydrogen) atoms. The number of nitrogens with zero attached hydrogens (tertiary/aromatic N) is 4. The van der Waals surface area contributed by atoms with Gasteiger partial charge in [0.25, 0.3) is 23.5 Å². The Bertz CT molecular complexity index is 1420. The van der Waals surface area contributed by atoms with Crippen LogP contribution in [0.15, 0.2) is 28.0 Å². The Kier molecular flexibility index (Phi) is 7.10. The molecule has 0 saturated carbocycles. The van der Waals surface area contributed by atoms with Gasteiger partial charge >= 0.3 is 0 Å². The van der Waals surface area contributed by atoms with Crippen LogP contribution in [0.5, 0.6) is 11.5 Å². The highest BCUT2D eigenvalue weighted by Crippen LogP contribution is 2.36. The summed E-state index contributed by atoms with van der Waals surface area (Å²) >= 11 is 1.80. The lowest BCUT2D eigenvalue weighted by molar-refractivity contribution is 0.0101. The van der Waals surface area contributed by atoms with Crippen LogP contribution in [0.1, 0.15) is 47.0 Å². The molecule has 1 aromatic carbocycles. The van der Waals surface area contributed by atoms with E-state index in [0.717, 1.165) is 23.0 Å². The van der Waals surface area contributed by atoms with Gasteiger partial charge in [-0.2, -0.15) is 14.0 Å². The van der Waals surface area contributed by atoms with Gasteiger partial charge in [-0.05, 0) is 48.6 Å². The highest BCUT2D eigenvalue weighted by Gasteiger charge is 2.34. The van der Waals surface area contributed by atoms with Gasteiger partial charge in [0.05, 0.1) is 35.8 Å². The molecule has 3 rings (SSSR count). The van der Waals surface area contributed by atoms with Crippen LogP contribution < -0.4 is 15.9 Å². The fraction of sp³-hybridized carbons (Fsp3) is 0.286. The SMILES string of the molecule is Cc1nc(I)[nH]c(=O)c1Cn1cnc(C(C)(F)F)c(Oc2cc(C(F)F)cc(C#N)c2C)c1=O. The van der Waals surface area contributed by atoms with E-state index in [4.69, 9.17) is 4.74 Å². The molecule has 1 N–H and O–H groups in total. The molecular weight excluding hydrogens is 573 g/mol. The monoisotopic (exact) mass is 589 g/mol. The number of benzene rings is 1. The Balaban J connectivity index is 2.20. The Labute approximate surface area is 203 Å². The second kappa shape index (κ2) is 9.53. The number of H-pyrrole nitrogens is 1. The van der Waals surface area contributed by atoms with Crippen LogP contribution in [0, 0.1) is 29.0 Å². The Hall–Kier alpha value is -3.28. The third kappa shape index (κ3) is 5.11. The van der Waals surface area contributed by atoms with E-state index < -0.39 is 40.5 Å². The predicted molar refractivity (Wildman–Crippen MR) is 120 cm³/mol. The number of nitriles is 1. The topological polar surface area (TPSA) is 114 Å². The maximum Gasteiger partial charge on any atom is 0.297 e. The number of aryl methyl sites for hydroxylation is 1. The van der Waals surface area contributed by atoms with Crippen LogP contribution >= 0.6 is 22.6 Å². The average molecular weight is 589 g/mol. The molecule has 2 heterocycles. The predicted octanol–water partition coefficient (Wildman–Crippen LogP) is 4.31. The van der Waals surface area contributed by atoms with Gasteiger partial charge in [-0.1, -0.05) is 0 Å². The van der Waals surface area contributed by atoms with Crippen LogP contribution in [0.4, 0.5) is 17.6 Å². The van der Waals surface area contributed by atoms with E-state index in [1.54, 1.807) is 35.6 Å². The van der Waals surface area contributed by atoms with Crippen molar-refractivity contribution in [3.8, 4) is 17.6 Å². The minimum atomic E-state index is -3.63.